The van der Waals surface area contributed by atoms with E-state index in [-0.39, 0.29) is 4.90 Å². The topological polar surface area (TPSA) is 94.3 Å². The molecule has 0 heterocycles. The molecule has 0 aliphatic rings. The Hall–Kier alpha value is -1.47. The van der Waals surface area contributed by atoms with Gasteiger partial charge in [-0.15, -0.1) is 0 Å². The maximum absolute atomic E-state index is 11.3. The molecule has 0 spiro atoms. The summed E-state index contributed by atoms with van der Waals surface area (Å²) in [7, 11) is -3.65. The van der Waals surface area contributed by atoms with Crippen LogP contribution in [0, 0.1) is 10.1 Å². The number of benzene rings is 1. The van der Waals surface area contributed by atoms with Crippen molar-refractivity contribution in [2.45, 2.75) is 4.90 Å². The third-order valence-corrected chi connectivity index (χ3v) is 3.14. The van der Waals surface area contributed by atoms with Crippen molar-refractivity contribution in [2.24, 2.45) is 0 Å². The van der Waals surface area contributed by atoms with Crippen molar-refractivity contribution in [3.8, 4) is 0 Å². The Morgan fingerprint density at radius 3 is 2.38 bits per heavy atom. The predicted octanol–water partition coefficient (Wildman–Crippen LogP) is 1.38. The lowest BCUT2D eigenvalue weighted by atomic mass is 10.2. The number of sulfone groups is 1. The van der Waals surface area contributed by atoms with Crippen LogP contribution < -0.4 is 0 Å². The van der Waals surface area contributed by atoms with E-state index in [0.717, 1.165) is 24.5 Å². The minimum absolute atomic E-state index is 0.321. The fourth-order valence-electron chi connectivity index (χ4n) is 1.11. The van der Waals surface area contributed by atoms with E-state index < -0.39 is 31.3 Å². The smallest absolute Gasteiger partial charge is 0.270 e. The summed E-state index contributed by atoms with van der Waals surface area (Å²) in [6.07, 6.45) is 0.886. The molecular formula is C8H6ClNO5S. The van der Waals surface area contributed by atoms with Crippen LogP contribution in [0.25, 0.3) is 0 Å². The Morgan fingerprint density at radius 2 is 2.00 bits per heavy atom. The second-order valence-electron chi connectivity index (χ2n) is 2.98. The number of carbonyl (C=O) groups is 1. The second kappa shape index (κ2) is 4.18. The molecule has 0 fully saturated rings. The number of hydrogen-bond acceptors (Lipinski definition) is 5. The Balaban J connectivity index is 3.55. The van der Waals surface area contributed by atoms with Crippen LogP contribution in [0.2, 0.25) is 0 Å². The molecule has 8 heteroatoms. The third-order valence-electron chi connectivity index (χ3n) is 1.79. The van der Waals surface area contributed by atoms with Crippen molar-refractivity contribution < 1.29 is 18.1 Å². The molecule has 6 nitrogen and oxygen atoms in total. The van der Waals surface area contributed by atoms with Gasteiger partial charge in [0.1, 0.15) is 0 Å². The molecule has 0 saturated carbocycles. The molecule has 1 rings (SSSR count). The summed E-state index contributed by atoms with van der Waals surface area (Å²) in [4.78, 5) is 20.3. The number of nitro groups is 1. The first-order valence-corrected chi connectivity index (χ1v) is 6.18. The largest absolute Gasteiger partial charge is 0.276 e. The summed E-state index contributed by atoms with van der Waals surface area (Å²) in [5, 5.41) is 9.39. The van der Waals surface area contributed by atoms with Crippen LogP contribution in [-0.2, 0) is 9.84 Å². The molecule has 16 heavy (non-hydrogen) atoms. The van der Waals surface area contributed by atoms with E-state index in [1.165, 1.54) is 0 Å². The van der Waals surface area contributed by atoms with E-state index in [1.54, 1.807) is 0 Å². The van der Waals surface area contributed by atoms with Crippen molar-refractivity contribution in [1.82, 2.24) is 0 Å². The second-order valence-corrected chi connectivity index (χ2v) is 5.31. The first-order chi connectivity index (χ1) is 7.23. The average Bonchev–Trinajstić information content (AvgIpc) is 2.15. The number of nitrogens with zero attached hydrogens (tertiary/aromatic N) is 1. The first kappa shape index (κ1) is 12.6. The molecule has 0 unspecified atom stereocenters. The number of rotatable bonds is 3. The van der Waals surface area contributed by atoms with Crippen LogP contribution in [0.4, 0.5) is 5.69 Å². The average molecular weight is 264 g/mol. The fraction of sp³-hybridized carbons (Fsp3) is 0.125. The van der Waals surface area contributed by atoms with Gasteiger partial charge in [0.25, 0.3) is 10.9 Å². The summed E-state index contributed by atoms with van der Waals surface area (Å²) >= 11 is 5.17. The minimum atomic E-state index is -3.65. The molecule has 1 aromatic rings. The number of halogens is 1. The monoisotopic (exact) mass is 263 g/mol. The summed E-state index contributed by atoms with van der Waals surface area (Å²) < 4.78 is 22.5. The molecule has 0 bridgehead atoms. The summed E-state index contributed by atoms with van der Waals surface area (Å²) in [6.45, 7) is 0. The van der Waals surface area contributed by atoms with Crippen LogP contribution in [0.15, 0.2) is 23.1 Å². The van der Waals surface area contributed by atoms with Crippen molar-refractivity contribution in [3.63, 3.8) is 0 Å². The normalized spacial score (nSPS) is 11.1. The van der Waals surface area contributed by atoms with Gasteiger partial charge in [0.05, 0.1) is 15.4 Å². The lowest BCUT2D eigenvalue weighted by Gasteiger charge is -2.03. The zero-order chi connectivity index (χ0) is 12.5. The van der Waals surface area contributed by atoms with E-state index in [1.807, 2.05) is 0 Å². The molecule has 0 aliphatic heterocycles. The van der Waals surface area contributed by atoms with Gasteiger partial charge >= 0.3 is 0 Å². The molecule has 0 atom stereocenters. The van der Waals surface area contributed by atoms with Gasteiger partial charge in [-0.1, -0.05) is 0 Å². The Labute approximate surface area is 95.9 Å². The lowest BCUT2D eigenvalue weighted by molar-refractivity contribution is -0.384. The lowest BCUT2D eigenvalue weighted by Crippen LogP contribution is -2.05. The molecule has 0 amide bonds. The van der Waals surface area contributed by atoms with Gasteiger partial charge in [-0.25, -0.2) is 8.42 Å². The molecular weight excluding hydrogens is 258 g/mol. The summed E-state index contributed by atoms with van der Waals surface area (Å²) in [5.74, 6) is 0. The molecule has 0 radical (unpaired) electrons. The van der Waals surface area contributed by atoms with Gasteiger partial charge in [-0.2, -0.15) is 0 Å². The van der Waals surface area contributed by atoms with E-state index in [4.69, 9.17) is 11.6 Å². The van der Waals surface area contributed by atoms with Gasteiger partial charge in [0.2, 0.25) is 0 Å². The van der Waals surface area contributed by atoms with E-state index in [2.05, 4.69) is 0 Å². The van der Waals surface area contributed by atoms with Gasteiger partial charge in [0.15, 0.2) is 9.84 Å². The molecule has 86 valence electrons. The molecule has 1 aromatic carbocycles. The van der Waals surface area contributed by atoms with E-state index >= 15 is 0 Å². The quantitative estimate of drug-likeness (QED) is 0.466. The highest BCUT2D eigenvalue weighted by Crippen LogP contribution is 2.23. The van der Waals surface area contributed by atoms with Gasteiger partial charge < -0.3 is 0 Å². The molecule has 0 aliphatic carbocycles. The Kier molecular flexibility index (Phi) is 3.30. The standard InChI is InChI=1S/C8H6ClNO5S/c1-16(14,15)7-3-2-5(10(12)13)4-6(7)8(9)11/h2-4H,1H3. The van der Waals surface area contributed by atoms with Gasteiger partial charge in [-0.05, 0) is 17.7 Å². The summed E-state index contributed by atoms with van der Waals surface area (Å²) in [6, 6.07) is 2.83. The number of nitro benzene ring substituents is 1. The number of hydrogen-bond donors (Lipinski definition) is 0. The zero-order valence-corrected chi connectivity index (χ0v) is 9.58. The Morgan fingerprint density at radius 1 is 1.44 bits per heavy atom. The number of carbonyl (C=O) groups excluding carboxylic acids is 1. The van der Waals surface area contributed by atoms with Crippen molar-refractivity contribution in [1.29, 1.82) is 0 Å². The van der Waals surface area contributed by atoms with Crippen molar-refractivity contribution in [3.05, 3.63) is 33.9 Å². The van der Waals surface area contributed by atoms with Crippen molar-refractivity contribution in [2.75, 3.05) is 6.26 Å². The predicted molar refractivity (Wildman–Crippen MR) is 56.4 cm³/mol. The third kappa shape index (κ3) is 2.56. The highest BCUT2D eigenvalue weighted by atomic mass is 35.5. The molecule has 0 aromatic heterocycles. The highest BCUT2D eigenvalue weighted by Gasteiger charge is 2.20. The maximum Gasteiger partial charge on any atom is 0.270 e. The fourth-order valence-corrected chi connectivity index (χ4v) is 2.19. The van der Waals surface area contributed by atoms with Crippen LogP contribution in [0.5, 0.6) is 0 Å². The van der Waals surface area contributed by atoms with Crippen LogP contribution in [-0.4, -0.2) is 24.8 Å². The minimum Gasteiger partial charge on any atom is -0.276 e. The van der Waals surface area contributed by atoms with E-state index in [0.29, 0.717) is 0 Å². The molecule has 0 N–H and O–H groups in total. The maximum atomic E-state index is 11.3. The number of non-ortho nitro benzene ring substituents is 1. The van der Waals surface area contributed by atoms with Crippen LogP contribution in [0.1, 0.15) is 10.4 Å². The van der Waals surface area contributed by atoms with Crippen LogP contribution in [0.3, 0.4) is 0 Å². The molecule has 0 saturated heterocycles. The highest BCUT2D eigenvalue weighted by molar-refractivity contribution is 7.90. The van der Waals surface area contributed by atoms with Gasteiger partial charge in [-0.3, -0.25) is 14.9 Å². The van der Waals surface area contributed by atoms with Gasteiger partial charge in [0, 0.05) is 18.4 Å². The van der Waals surface area contributed by atoms with Crippen molar-refractivity contribution >= 4 is 32.4 Å². The SMILES string of the molecule is CS(=O)(=O)c1ccc([N+](=O)[O-])cc1C(=O)Cl. The summed E-state index contributed by atoms with van der Waals surface area (Å²) in [5.41, 5.74) is -0.783. The zero-order valence-electron chi connectivity index (χ0n) is 8.01. The first-order valence-electron chi connectivity index (χ1n) is 3.92. The van der Waals surface area contributed by atoms with Crippen LogP contribution >= 0.6 is 11.6 Å². The van der Waals surface area contributed by atoms with E-state index in [9.17, 15) is 23.3 Å². The Bertz CT molecular complexity index is 566.